The molecule has 6 nitrogen and oxygen atoms in total. The summed E-state index contributed by atoms with van der Waals surface area (Å²) in [6.45, 7) is 3.47. The normalized spacial score (nSPS) is 9.95. The number of rotatable bonds is 4. The molecule has 0 bridgehead atoms. The van der Waals surface area contributed by atoms with Crippen LogP contribution in [-0.2, 0) is 14.4 Å². The highest BCUT2D eigenvalue weighted by Gasteiger charge is 2.14. The number of amides is 3. The molecule has 0 radical (unpaired) electrons. The number of hydrazine groups is 1. The molecule has 1 aromatic rings. The minimum Gasteiger partial charge on any atom is -0.346 e. The summed E-state index contributed by atoms with van der Waals surface area (Å²) in [4.78, 5) is 35.0. The summed E-state index contributed by atoms with van der Waals surface area (Å²) < 4.78 is 0. The molecule has 20 heavy (non-hydrogen) atoms. The first kappa shape index (κ1) is 16.0. The number of thioether (sulfide) groups is 1. The van der Waals surface area contributed by atoms with Gasteiger partial charge in [0, 0.05) is 10.9 Å². The Labute approximate surface area is 121 Å². The van der Waals surface area contributed by atoms with E-state index in [2.05, 4.69) is 16.2 Å². The molecule has 0 fully saturated rings. The summed E-state index contributed by atoms with van der Waals surface area (Å²) in [5, 5.41) is 2.42. The average Bonchev–Trinajstić information content (AvgIpc) is 2.42. The van der Waals surface area contributed by atoms with E-state index in [0.717, 1.165) is 4.90 Å². The molecule has 7 heteroatoms. The highest BCUT2D eigenvalue weighted by Crippen LogP contribution is 2.15. The standard InChI is InChI=1S/C13H17N3O3S/c1-9(2)14-12(18)13(19)16-15-11(17)8-20-10-6-4-3-5-7-10/h3-7,9H,8H2,1-2H3,(H,14,18)(H,15,17)(H,16,19). The minimum atomic E-state index is -0.892. The van der Waals surface area contributed by atoms with Gasteiger partial charge in [-0.25, -0.2) is 0 Å². The molecule has 3 amide bonds. The first-order valence-corrected chi connectivity index (χ1v) is 7.05. The maximum absolute atomic E-state index is 11.5. The smallest absolute Gasteiger partial charge is 0.327 e. The van der Waals surface area contributed by atoms with Crippen LogP contribution in [0.4, 0.5) is 0 Å². The molecule has 0 atom stereocenters. The van der Waals surface area contributed by atoms with E-state index in [1.807, 2.05) is 30.3 Å². The van der Waals surface area contributed by atoms with Crippen LogP contribution in [0.15, 0.2) is 35.2 Å². The lowest BCUT2D eigenvalue weighted by atomic mass is 10.4. The molecule has 0 aliphatic carbocycles. The van der Waals surface area contributed by atoms with Crippen molar-refractivity contribution in [3.05, 3.63) is 30.3 Å². The third kappa shape index (κ3) is 6.24. The van der Waals surface area contributed by atoms with Crippen LogP contribution in [0.2, 0.25) is 0 Å². The summed E-state index contributed by atoms with van der Waals surface area (Å²) >= 11 is 1.34. The Morgan fingerprint density at radius 1 is 1.05 bits per heavy atom. The molecule has 108 valence electrons. The van der Waals surface area contributed by atoms with Gasteiger partial charge in [-0.2, -0.15) is 0 Å². The van der Waals surface area contributed by atoms with Crippen molar-refractivity contribution in [2.24, 2.45) is 0 Å². The van der Waals surface area contributed by atoms with Crippen molar-refractivity contribution < 1.29 is 14.4 Å². The number of benzene rings is 1. The third-order valence-corrected chi connectivity index (χ3v) is 3.07. The Morgan fingerprint density at radius 2 is 1.70 bits per heavy atom. The Morgan fingerprint density at radius 3 is 2.30 bits per heavy atom. The molecular weight excluding hydrogens is 278 g/mol. The second-order valence-electron chi connectivity index (χ2n) is 4.23. The van der Waals surface area contributed by atoms with Crippen LogP contribution in [0, 0.1) is 0 Å². The van der Waals surface area contributed by atoms with Gasteiger partial charge in [0.25, 0.3) is 0 Å². The third-order valence-electron chi connectivity index (χ3n) is 2.05. The molecule has 0 aromatic heterocycles. The van der Waals surface area contributed by atoms with Crippen molar-refractivity contribution in [2.75, 3.05) is 5.75 Å². The molecule has 0 aliphatic heterocycles. The summed E-state index contributed by atoms with van der Waals surface area (Å²) in [5.41, 5.74) is 4.25. The van der Waals surface area contributed by atoms with Crippen LogP contribution < -0.4 is 16.2 Å². The van der Waals surface area contributed by atoms with Gasteiger partial charge in [-0.05, 0) is 26.0 Å². The van der Waals surface area contributed by atoms with E-state index < -0.39 is 11.8 Å². The molecule has 0 aliphatic rings. The van der Waals surface area contributed by atoms with Crippen LogP contribution in [0.25, 0.3) is 0 Å². The number of hydrogen-bond acceptors (Lipinski definition) is 4. The monoisotopic (exact) mass is 295 g/mol. The lowest BCUT2D eigenvalue weighted by Crippen LogP contribution is -2.50. The van der Waals surface area contributed by atoms with E-state index in [0.29, 0.717) is 0 Å². The van der Waals surface area contributed by atoms with Crippen LogP contribution in [0.3, 0.4) is 0 Å². The number of carbonyl (C=O) groups is 3. The van der Waals surface area contributed by atoms with Gasteiger partial charge in [0.1, 0.15) is 0 Å². The Hall–Kier alpha value is -2.02. The zero-order valence-electron chi connectivity index (χ0n) is 11.3. The second-order valence-corrected chi connectivity index (χ2v) is 5.28. The van der Waals surface area contributed by atoms with Crippen molar-refractivity contribution in [1.82, 2.24) is 16.2 Å². The highest BCUT2D eigenvalue weighted by atomic mass is 32.2. The maximum Gasteiger partial charge on any atom is 0.327 e. The predicted octanol–water partition coefficient (Wildman–Crippen LogP) is 0.451. The van der Waals surface area contributed by atoms with Crippen molar-refractivity contribution in [3.8, 4) is 0 Å². The summed E-state index contributed by atoms with van der Waals surface area (Å²) in [5.74, 6) is -1.91. The van der Waals surface area contributed by atoms with Crippen LogP contribution in [0.5, 0.6) is 0 Å². The van der Waals surface area contributed by atoms with Crippen molar-refractivity contribution >= 4 is 29.5 Å². The summed E-state index contributed by atoms with van der Waals surface area (Å²) in [6, 6.07) is 9.26. The first-order chi connectivity index (χ1) is 9.49. The molecule has 0 unspecified atom stereocenters. The van der Waals surface area contributed by atoms with Gasteiger partial charge >= 0.3 is 11.8 Å². The Balaban J connectivity index is 2.26. The van der Waals surface area contributed by atoms with Gasteiger partial charge in [0.05, 0.1) is 5.75 Å². The highest BCUT2D eigenvalue weighted by molar-refractivity contribution is 8.00. The minimum absolute atomic E-state index is 0.141. The lowest BCUT2D eigenvalue weighted by Gasteiger charge is -2.09. The van der Waals surface area contributed by atoms with E-state index in [1.54, 1.807) is 13.8 Å². The van der Waals surface area contributed by atoms with Crippen LogP contribution >= 0.6 is 11.8 Å². The van der Waals surface area contributed by atoms with Crippen LogP contribution in [0.1, 0.15) is 13.8 Å². The van der Waals surface area contributed by atoms with Gasteiger partial charge in [0.2, 0.25) is 5.91 Å². The molecule has 1 rings (SSSR count). The van der Waals surface area contributed by atoms with E-state index in [9.17, 15) is 14.4 Å². The Kier molecular flexibility index (Phi) is 6.58. The topological polar surface area (TPSA) is 87.3 Å². The van der Waals surface area contributed by atoms with E-state index in [1.165, 1.54) is 11.8 Å². The summed E-state index contributed by atoms with van der Waals surface area (Å²) in [6.07, 6.45) is 0. The number of carbonyl (C=O) groups excluding carboxylic acids is 3. The fourth-order valence-electron chi connectivity index (χ4n) is 1.21. The van der Waals surface area contributed by atoms with Gasteiger partial charge in [-0.3, -0.25) is 25.2 Å². The van der Waals surface area contributed by atoms with E-state index in [4.69, 9.17) is 0 Å². The van der Waals surface area contributed by atoms with Crippen molar-refractivity contribution in [3.63, 3.8) is 0 Å². The van der Waals surface area contributed by atoms with Crippen LogP contribution in [-0.4, -0.2) is 29.5 Å². The van der Waals surface area contributed by atoms with E-state index in [-0.39, 0.29) is 17.7 Å². The zero-order chi connectivity index (χ0) is 15.0. The average molecular weight is 295 g/mol. The zero-order valence-corrected chi connectivity index (χ0v) is 12.1. The molecule has 0 saturated heterocycles. The van der Waals surface area contributed by atoms with Gasteiger partial charge in [0.15, 0.2) is 0 Å². The molecule has 0 heterocycles. The molecule has 0 saturated carbocycles. The van der Waals surface area contributed by atoms with Gasteiger partial charge in [-0.1, -0.05) is 18.2 Å². The van der Waals surface area contributed by atoms with Gasteiger partial charge < -0.3 is 5.32 Å². The van der Waals surface area contributed by atoms with Gasteiger partial charge in [-0.15, -0.1) is 11.8 Å². The second kappa shape index (κ2) is 8.21. The number of hydrogen-bond donors (Lipinski definition) is 3. The Bertz CT molecular complexity index is 477. The fourth-order valence-corrected chi connectivity index (χ4v) is 1.93. The van der Waals surface area contributed by atoms with Crippen molar-refractivity contribution in [2.45, 2.75) is 24.8 Å². The first-order valence-electron chi connectivity index (χ1n) is 6.06. The molecule has 0 spiro atoms. The lowest BCUT2D eigenvalue weighted by molar-refractivity contribution is -0.141. The summed E-state index contributed by atoms with van der Waals surface area (Å²) in [7, 11) is 0. The SMILES string of the molecule is CC(C)NC(=O)C(=O)NNC(=O)CSc1ccccc1. The fraction of sp³-hybridized carbons (Fsp3) is 0.308. The molecule has 3 N–H and O–H groups in total. The quantitative estimate of drug-likeness (QED) is 0.427. The van der Waals surface area contributed by atoms with Crippen molar-refractivity contribution in [1.29, 1.82) is 0 Å². The van der Waals surface area contributed by atoms with E-state index >= 15 is 0 Å². The maximum atomic E-state index is 11.5. The number of nitrogens with one attached hydrogen (secondary N) is 3. The predicted molar refractivity (Wildman–Crippen MR) is 76.7 cm³/mol. The molecule has 1 aromatic carbocycles. The largest absolute Gasteiger partial charge is 0.346 e. The molecular formula is C13H17N3O3S.